The van der Waals surface area contributed by atoms with Crippen LogP contribution in [0.4, 0.5) is 0 Å². The van der Waals surface area contributed by atoms with Gasteiger partial charge in [0.25, 0.3) is 0 Å². The summed E-state index contributed by atoms with van der Waals surface area (Å²) in [5.41, 5.74) is 1.26. The van der Waals surface area contributed by atoms with E-state index in [1.54, 1.807) is 7.11 Å². The Morgan fingerprint density at radius 3 is 2.24 bits per heavy atom. The molecule has 0 unspecified atom stereocenters. The number of nitrogens with one attached hydrogen (secondary N) is 1. The van der Waals surface area contributed by atoms with Gasteiger partial charge in [0.05, 0.1) is 13.7 Å². The number of hydrogen-bond acceptors (Lipinski definition) is 3. The predicted molar refractivity (Wildman–Crippen MR) is 59.1 cm³/mol. The topological polar surface area (TPSA) is 75.6 Å². The number of amides is 1. The third-order valence-electron chi connectivity index (χ3n) is 1.57. The molecule has 0 fully saturated rings. The number of methoxy groups -OCH3 is 1. The number of hydrogen-bond donors (Lipinski definition) is 2. The minimum absolute atomic E-state index is 0. The van der Waals surface area contributed by atoms with Crippen molar-refractivity contribution in [2.45, 2.75) is 6.92 Å². The summed E-state index contributed by atoms with van der Waals surface area (Å²) < 4.78 is 4.97. The first kappa shape index (κ1) is 16.4. The van der Waals surface area contributed by atoms with Crippen LogP contribution < -0.4 is 10.1 Å². The van der Waals surface area contributed by atoms with Crippen molar-refractivity contribution in [1.29, 1.82) is 0 Å². The molecule has 1 rings (SSSR count). The monoisotopic (exact) mass is 481 g/mol. The van der Waals surface area contributed by atoms with Crippen LogP contribution in [0.25, 0.3) is 0 Å². The maximum atomic E-state index is 9.52. The van der Waals surface area contributed by atoms with Gasteiger partial charge in [-0.1, -0.05) is 17.7 Å². The van der Waals surface area contributed by atoms with Crippen LogP contribution in [-0.4, -0.2) is 31.1 Å². The van der Waals surface area contributed by atoms with Crippen molar-refractivity contribution in [3.8, 4) is 5.75 Å². The first-order valence-corrected chi connectivity index (χ1v) is 4.52. The molecule has 0 aromatic heterocycles. The molecule has 0 saturated heterocycles. The van der Waals surface area contributed by atoms with Gasteiger partial charge in [-0.25, -0.2) is 0 Å². The van der Waals surface area contributed by atoms with Gasteiger partial charge in [-0.15, -0.1) is 0 Å². The largest absolute Gasteiger partial charge is 0.521 e. The smallest absolute Gasteiger partial charge is 0.320 e. The molecule has 0 aliphatic carbocycles. The zero-order chi connectivity index (χ0) is 12.4. The van der Waals surface area contributed by atoms with Crippen LogP contribution in [0.5, 0.6) is 5.75 Å². The predicted octanol–water partition coefficient (Wildman–Crippen LogP) is 0.731. The van der Waals surface area contributed by atoms with Gasteiger partial charge in [0.1, 0.15) is 5.75 Å². The zero-order valence-electron chi connectivity index (χ0n) is 9.48. The third kappa shape index (κ3) is 9.27. The van der Waals surface area contributed by atoms with Gasteiger partial charge >= 0.3 is 5.97 Å². The quantitative estimate of drug-likeness (QED) is 0.492. The summed E-state index contributed by atoms with van der Waals surface area (Å²) in [4.78, 5) is 18.7. The summed E-state index contributed by atoms with van der Waals surface area (Å²) >= 11 is 0. The van der Waals surface area contributed by atoms with E-state index in [1.165, 1.54) is 12.0 Å². The molecular weight excluding hydrogens is 467 g/mol. The summed E-state index contributed by atoms with van der Waals surface area (Å²) in [6.07, 6.45) is 1.22. The van der Waals surface area contributed by atoms with Gasteiger partial charge in [0, 0.05) is 0 Å². The second-order valence-electron chi connectivity index (χ2n) is 2.87. The van der Waals surface area contributed by atoms with Gasteiger partial charge in [-0.3, -0.25) is 4.79 Å². The van der Waals surface area contributed by atoms with Crippen molar-refractivity contribution in [3.05, 3.63) is 29.8 Å². The van der Waals surface area contributed by atoms with E-state index < -0.39 is 5.97 Å². The fraction of sp³-hybridized carbons (Fsp3) is 0.273. The molecule has 0 atom stereocenters. The maximum absolute atomic E-state index is 9.52. The Labute approximate surface area is 94.0 Å². The first-order valence-electron chi connectivity index (χ1n) is 4.52. The number of carbonyl (C=O) groups is 1. The molecule has 0 aliphatic heterocycles. The molecule has 6 heteroatoms. The minimum Gasteiger partial charge on any atom is -0.521 e. The molecule has 17 heavy (non-hydrogen) atoms. The molecule has 0 aliphatic rings. The van der Waals surface area contributed by atoms with Gasteiger partial charge < -0.3 is 20.0 Å². The van der Waals surface area contributed by atoms with E-state index >= 15 is 0 Å². The van der Waals surface area contributed by atoms with Crippen LogP contribution in [0.1, 0.15) is 5.56 Å². The summed E-state index contributed by atoms with van der Waals surface area (Å²) in [5, 5.41) is 9.65. The van der Waals surface area contributed by atoms with Crippen LogP contribution >= 0.6 is 0 Å². The normalized spacial score (nSPS) is 7.88. The number of carboxylic acids is 1. The van der Waals surface area contributed by atoms with Crippen molar-refractivity contribution in [2.75, 3.05) is 13.7 Å². The number of benzene rings is 1. The van der Waals surface area contributed by atoms with E-state index in [0.717, 1.165) is 5.75 Å². The van der Waals surface area contributed by atoms with Crippen LogP contribution in [0, 0.1) is 6.92 Å². The average molecular weight is 481 g/mol. The molecule has 0 spiro atoms. The molecule has 0 heterocycles. The molecule has 1 amide bonds. The fourth-order valence-corrected chi connectivity index (χ4v) is 0.786. The van der Waals surface area contributed by atoms with Crippen molar-refractivity contribution in [3.63, 3.8) is 0 Å². The molecule has 1 aromatic carbocycles. The Morgan fingerprint density at radius 2 is 1.94 bits per heavy atom. The van der Waals surface area contributed by atoms with Crippen molar-refractivity contribution >= 4 is 12.4 Å². The maximum Gasteiger partial charge on any atom is 0.320 e. The SMILES string of the molecule is COc1ccc(C)cc1.O=[C-]NCC(=O)O.[Fm]. The molecular formula is C11H14FmNO4-. The molecule has 2 N–H and O–H groups in total. The second-order valence-corrected chi connectivity index (χ2v) is 2.87. The van der Waals surface area contributed by atoms with E-state index in [0.29, 0.717) is 0 Å². The molecule has 0 radical (unpaired) electrons. The van der Waals surface area contributed by atoms with E-state index in [9.17, 15) is 9.59 Å². The first-order chi connectivity index (χ1) is 7.60. The number of aryl methyl sites for hydroxylation is 1. The number of ether oxygens (including phenoxy) is 1. The summed E-state index contributed by atoms with van der Waals surface area (Å²) in [7, 11) is 1.67. The average Bonchev–Trinajstić information content (AvgIpc) is 2.28. The molecule has 100 valence electrons. The second kappa shape index (κ2) is 9.51. The van der Waals surface area contributed by atoms with Crippen molar-refractivity contribution < 1.29 is 19.4 Å². The van der Waals surface area contributed by atoms with Gasteiger partial charge in [-0.2, -0.15) is 6.41 Å². The van der Waals surface area contributed by atoms with Gasteiger partial charge in [0.2, 0.25) is 0 Å². The van der Waals surface area contributed by atoms with Gasteiger partial charge in [0.15, 0.2) is 0 Å². The van der Waals surface area contributed by atoms with E-state index in [4.69, 9.17) is 9.84 Å². The van der Waals surface area contributed by atoms with Crippen LogP contribution in [0.2, 0.25) is 0 Å². The van der Waals surface area contributed by atoms with Crippen molar-refractivity contribution in [1.82, 2.24) is 5.32 Å². The fourth-order valence-electron chi connectivity index (χ4n) is 0.786. The molecule has 0 bridgehead atoms. The zero-order valence-corrected chi connectivity index (χ0v) is 11.9. The minimum atomic E-state index is -1.07. The number of rotatable bonds is 4. The summed E-state index contributed by atoms with van der Waals surface area (Å²) in [5.74, 6) is -0.149. The van der Waals surface area contributed by atoms with E-state index in [1.807, 2.05) is 29.6 Å². The molecule has 1 aromatic rings. The van der Waals surface area contributed by atoms with E-state index in [-0.39, 0.29) is 6.54 Å². The van der Waals surface area contributed by atoms with Crippen molar-refractivity contribution in [2.24, 2.45) is 0 Å². The van der Waals surface area contributed by atoms with Crippen LogP contribution in [0.15, 0.2) is 24.3 Å². The summed E-state index contributed by atoms with van der Waals surface area (Å²) in [6, 6.07) is 7.96. The summed E-state index contributed by atoms with van der Waals surface area (Å²) in [6.45, 7) is 1.70. The third-order valence-corrected chi connectivity index (χ3v) is 1.57. The van der Waals surface area contributed by atoms with Crippen LogP contribution in [-0.2, 0) is 9.59 Å². The van der Waals surface area contributed by atoms with Gasteiger partial charge in [-0.05, 0) is 19.1 Å². The Hall–Kier alpha value is -3.04. The Kier molecular flexibility index (Phi) is 9.17. The Morgan fingerprint density at radius 1 is 1.41 bits per heavy atom. The standard InChI is InChI=1S/C8H10O.C3H4NO3.Fm/c1-7-3-5-8(9-2)6-4-7;5-2-4-1-3(6)7;/h3-6H,1-2H3;1H2,(H,4,5)(H,6,7);/q;-1;. The number of aliphatic carboxylic acids is 1. The number of carboxylic acid groups (broad SMARTS) is 1. The molecule has 5 nitrogen and oxygen atoms in total. The Balaban J connectivity index is 0. The molecule has 0 saturated carbocycles. The van der Waals surface area contributed by atoms with E-state index in [2.05, 4.69) is 6.92 Å². The number of carbonyl (C=O) groups excluding carboxylic acids is 1. The Bertz CT molecular complexity index is 327. The van der Waals surface area contributed by atoms with Crippen LogP contribution in [0.3, 0.4) is 0 Å².